The van der Waals surface area contributed by atoms with Gasteiger partial charge < -0.3 is 5.73 Å². The maximum absolute atomic E-state index is 12.4. The minimum absolute atomic E-state index is 0.312. The van der Waals surface area contributed by atoms with Gasteiger partial charge >= 0.3 is 0 Å². The first-order valence-corrected chi connectivity index (χ1v) is 7.55. The van der Waals surface area contributed by atoms with Crippen molar-refractivity contribution in [2.24, 2.45) is 11.7 Å². The van der Waals surface area contributed by atoms with E-state index in [-0.39, 0.29) is 0 Å². The van der Waals surface area contributed by atoms with E-state index in [4.69, 9.17) is 5.73 Å². The highest BCUT2D eigenvalue weighted by Crippen LogP contribution is 2.23. The molecule has 0 aromatic carbocycles. The Morgan fingerprint density at radius 1 is 1.47 bits per heavy atom. The lowest BCUT2D eigenvalue weighted by atomic mass is 10.0. The Morgan fingerprint density at radius 2 is 2.06 bits per heavy atom. The van der Waals surface area contributed by atoms with E-state index >= 15 is 0 Å². The van der Waals surface area contributed by atoms with Gasteiger partial charge in [-0.25, -0.2) is 0 Å². The molecule has 0 radical (unpaired) electrons. The molecule has 0 aromatic heterocycles. The van der Waals surface area contributed by atoms with Crippen LogP contribution in [-0.2, 0) is 10.2 Å². The molecule has 1 saturated heterocycles. The van der Waals surface area contributed by atoms with Crippen molar-refractivity contribution in [1.29, 1.82) is 0 Å². The number of nitrogens with zero attached hydrogens (tertiary/aromatic N) is 2. The maximum atomic E-state index is 12.4. The molecular formula is C11H25N3O2S. The van der Waals surface area contributed by atoms with Crippen LogP contribution in [-0.4, -0.2) is 49.2 Å². The first-order valence-electron chi connectivity index (χ1n) is 6.16. The Kier molecular flexibility index (Phi) is 4.57. The molecule has 6 heteroatoms. The van der Waals surface area contributed by atoms with Crippen LogP contribution in [0.4, 0.5) is 0 Å². The Hall–Kier alpha value is -0.170. The van der Waals surface area contributed by atoms with E-state index in [1.165, 1.54) is 4.31 Å². The summed E-state index contributed by atoms with van der Waals surface area (Å²) in [5, 5.41) is 0. The second-order valence-electron chi connectivity index (χ2n) is 5.60. The van der Waals surface area contributed by atoms with Gasteiger partial charge in [0.1, 0.15) is 0 Å². The number of rotatable bonds is 4. The standard InChI is InChI=1S/C11H25N3O2S/c1-10-6-5-7-14(8-10)17(15,16)13(4)11(2,3)9-12/h10H,5-9,12H2,1-4H3. The summed E-state index contributed by atoms with van der Waals surface area (Å²) in [4.78, 5) is 0. The van der Waals surface area contributed by atoms with Crippen molar-refractivity contribution < 1.29 is 8.42 Å². The molecule has 0 aliphatic carbocycles. The van der Waals surface area contributed by atoms with Gasteiger partial charge in [0, 0.05) is 32.2 Å². The summed E-state index contributed by atoms with van der Waals surface area (Å²) in [5.74, 6) is 0.438. The van der Waals surface area contributed by atoms with Crippen LogP contribution >= 0.6 is 0 Å². The average Bonchev–Trinajstić information content (AvgIpc) is 2.28. The summed E-state index contributed by atoms with van der Waals surface area (Å²) < 4.78 is 27.8. The van der Waals surface area contributed by atoms with Gasteiger partial charge in [0.2, 0.25) is 0 Å². The van der Waals surface area contributed by atoms with Crippen molar-refractivity contribution in [2.45, 2.75) is 39.2 Å². The summed E-state index contributed by atoms with van der Waals surface area (Å²) in [6.07, 6.45) is 2.05. The van der Waals surface area contributed by atoms with Gasteiger partial charge in [-0.1, -0.05) is 6.92 Å². The van der Waals surface area contributed by atoms with E-state index in [0.717, 1.165) is 12.8 Å². The second-order valence-corrected chi connectivity index (χ2v) is 7.56. The van der Waals surface area contributed by atoms with Crippen molar-refractivity contribution in [3.8, 4) is 0 Å². The van der Waals surface area contributed by atoms with Gasteiger partial charge in [-0.05, 0) is 32.6 Å². The molecule has 102 valence electrons. The highest BCUT2D eigenvalue weighted by atomic mass is 32.2. The Balaban J connectivity index is 2.87. The summed E-state index contributed by atoms with van der Waals surface area (Å²) in [6, 6.07) is 0. The summed E-state index contributed by atoms with van der Waals surface area (Å²) >= 11 is 0. The van der Waals surface area contributed by atoms with E-state index in [0.29, 0.717) is 25.6 Å². The molecule has 1 rings (SSSR count). The van der Waals surface area contributed by atoms with Crippen LogP contribution in [0, 0.1) is 5.92 Å². The molecule has 0 bridgehead atoms. The largest absolute Gasteiger partial charge is 0.329 e. The molecule has 2 N–H and O–H groups in total. The van der Waals surface area contributed by atoms with E-state index in [9.17, 15) is 8.42 Å². The third-order valence-corrected chi connectivity index (χ3v) is 5.81. The highest BCUT2D eigenvalue weighted by molar-refractivity contribution is 7.86. The van der Waals surface area contributed by atoms with Gasteiger partial charge in [0.25, 0.3) is 10.2 Å². The van der Waals surface area contributed by atoms with E-state index in [1.54, 1.807) is 11.4 Å². The van der Waals surface area contributed by atoms with Crippen LogP contribution in [0.5, 0.6) is 0 Å². The fourth-order valence-electron chi connectivity index (χ4n) is 1.97. The van der Waals surface area contributed by atoms with Gasteiger partial charge in [-0.2, -0.15) is 17.0 Å². The first kappa shape index (κ1) is 14.9. The van der Waals surface area contributed by atoms with Crippen LogP contribution in [0.25, 0.3) is 0 Å². The Bertz CT molecular complexity index is 354. The van der Waals surface area contributed by atoms with Crippen molar-refractivity contribution in [1.82, 2.24) is 8.61 Å². The van der Waals surface area contributed by atoms with Crippen LogP contribution in [0.3, 0.4) is 0 Å². The SMILES string of the molecule is CC1CCCN(S(=O)(=O)N(C)C(C)(C)CN)C1. The molecule has 1 aliphatic rings. The molecule has 1 heterocycles. The molecule has 17 heavy (non-hydrogen) atoms. The lowest BCUT2D eigenvalue weighted by Crippen LogP contribution is -2.56. The third-order valence-electron chi connectivity index (χ3n) is 3.64. The Morgan fingerprint density at radius 3 is 2.53 bits per heavy atom. The number of piperidine rings is 1. The van der Waals surface area contributed by atoms with Crippen LogP contribution < -0.4 is 5.73 Å². The zero-order chi connectivity index (χ0) is 13.3. The average molecular weight is 263 g/mol. The molecule has 5 nitrogen and oxygen atoms in total. The van der Waals surface area contributed by atoms with Gasteiger partial charge in [0.05, 0.1) is 0 Å². The van der Waals surface area contributed by atoms with Crippen molar-refractivity contribution >= 4 is 10.2 Å². The molecule has 1 aliphatic heterocycles. The lowest BCUT2D eigenvalue weighted by molar-refractivity contribution is 0.221. The van der Waals surface area contributed by atoms with E-state index in [2.05, 4.69) is 6.92 Å². The molecule has 0 spiro atoms. The summed E-state index contributed by atoms with van der Waals surface area (Å²) in [6.45, 7) is 7.34. The van der Waals surface area contributed by atoms with Crippen molar-refractivity contribution in [2.75, 3.05) is 26.7 Å². The number of hydrogen-bond donors (Lipinski definition) is 1. The predicted octanol–water partition coefficient (Wildman–Crippen LogP) is 0.632. The zero-order valence-corrected chi connectivity index (χ0v) is 12.1. The van der Waals surface area contributed by atoms with Crippen molar-refractivity contribution in [3.63, 3.8) is 0 Å². The maximum Gasteiger partial charge on any atom is 0.282 e. The molecule has 0 aromatic rings. The van der Waals surface area contributed by atoms with Crippen LogP contribution in [0.1, 0.15) is 33.6 Å². The monoisotopic (exact) mass is 263 g/mol. The lowest BCUT2D eigenvalue weighted by Gasteiger charge is -2.39. The summed E-state index contributed by atoms with van der Waals surface area (Å²) in [7, 11) is -1.77. The van der Waals surface area contributed by atoms with Gasteiger partial charge in [-0.3, -0.25) is 0 Å². The minimum atomic E-state index is -3.38. The first-order chi connectivity index (χ1) is 7.71. The molecule has 0 amide bonds. The number of hydrogen-bond acceptors (Lipinski definition) is 3. The molecular weight excluding hydrogens is 238 g/mol. The topological polar surface area (TPSA) is 66.6 Å². The molecule has 1 unspecified atom stereocenters. The van der Waals surface area contributed by atoms with Gasteiger partial charge in [-0.15, -0.1) is 0 Å². The fourth-order valence-corrected chi connectivity index (χ4v) is 3.82. The second kappa shape index (κ2) is 5.22. The smallest absolute Gasteiger partial charge is 0.282 e. The fraction of sp³-hybridized carbons (Fsp3) is 1.00. The molecule has 1 fully saturated rings. The summed E-state index contributed by atoms with van der Waals surface area (Å²) in [5.41, 5.74) is 5.09. The zero-order valence-electron chi connectivity index (χ0n) is 11.3. The van der Waals surface area contributed by atoms with E-state index < -0.39 is 15.7 Å². The minimum Gasteiger partial charge on any atom is -0.329 e. The molecule has 1 atom stereocenters. The molecule has 0 saturated carbocycles. The van der Waals surface area contributed by atoms with Crippen LogP contribution in [0.2, 0.25) is 0 Å². The predicted molar refractivity (Wildman–Crippen MR) is 69.8 cm³/mol. The van der Waals surface area contributed by atoms with Crippen LogP contribution in [0.15, 0.2) is 0 Å². The number of nitrogens with two attached hydrogens (primary N) is 1. The van der Waals surface area contributed by atoms with Crippen molar-refractivity contribution in [3.05, 3.63) is 0 Å². The number of likely N-dealkylation sites (N-methyl/N-ethyl adjacent to an activating group) is 1. The normalized spacial score (nSPS) is 24.2. The highest BCUT2D eigenvalue weighted by Gasteiger charge is 2.37. The van der Waals surface area contributed by atoms with Gasteiger partial charge in [0.15, 0.2) is 0 Å². The van der Waals surface area contributed by atoms with E-state index in [1.807, 2.05) is 13.8 Å². The third kappa shape index (κ3) is 3.19. The quantitative estimate of drug-likeness (QED) is 0.809. The Labute approximate surface area is 105 Å².